The zero-order valence-corrected chi connectivity index (χ0v) is 10.4. The van der Waals surface area contributed by atoms with E-state index in [0.29, 0.717) is 6.07 Å². The summed E-state index contributed by atoms with van der Waals surface area (Å²) >= 11 is 2.85. The smallest absolute Gasteiger partial charge is 0.298 e. The van der Waals surface area contributed by atoms with Crippen LogP contribution in [-0.4, -0.2) is 16.0 Å². The number of benzene rings is 1. The summed E-state index contributed by atoms with van der Waals surface area (Å²) in [6, 6.07) is 2.35. The number of hydrogen-bond acceptors (Lipinski definition) is 3. The minimum atomic E-state index is -4.73. The second-order valence-electron chi connectivity index (χ2n) is 3.45. The van der Waals surface area contributed by atoms with E-state index in [1.165, 1.54) is 0 Å². The maximum absolute atomic E-state index is 12.7. The molecule has 0 spiro atoms. The second kappa shape index (κ2) is 5.47. The standard InChI is InChI=1S/C10H7BrF3NO3/c11-5-8(16)3-6-1-2-7(15(17)18)4-9(6)10(12,13)14/h1-2,4H,3,5H2. The van der Waals surface area contributed by atoms with Gasteiger partial charge in [0.2, 0.25) is 0 Å². The molecule has 18 heavy (non-hydrogen) atoms. The Morgan fingerprint density at radius 1 is 1.39 bits per heavy atom. The fraction of sp³-hybridized carbons (Fsp3) is 0.300. The van der Waals surface area contributed by atoms with Crippen LogP contribution < -0.4 is 0 Å². The highest BCUT2D eigenvalue weighted by molar-refractivity contribution is 9.09. The number of nitro groups is 1. The van der Waals surface area contributed by atoms with E-state index >= 15 is 0 Å². The number of nitrogens with zero attached hydrogens (tertiary/aromatic N) is 1. The largest absolute Gasteiger partial charge is 0.416 e. The van der Waals surface area contributed by atoms with Gasteiger partial charge in [-0.05, 0) is 5.56 Å². The van der Waals surface area contributed by atoms with Crippen LogP contribution in [0.5, 0.6) is 0 Å². The van der Waals surface area contributed by atoms with Gasteiger partial charge in [0, 0.05) is 18.6 Å². The third kappa shape index (κ3) is 3.52. The van der Waals surface area contributed by atoms with Crippen molar-refractivity contribution in [3.8, 4) is 0 Å². The van der Waals surface area contributed by atoms with Crippen LogP contribution in [0.3, 0.4) is 0 Å². The Morgan fingerprint density at radius 2 is 2.00 bits per heavy atom. The number of carbonyl (C=O) groups is 1. The lowest BCUT2D eigenvalue weighted by atomic mass is 10.0. The van der Waals surface area contributed by atoms with Gasteiger partial charge in [-0.2, -0.15) is 13.2 Å². The molecule has 0 aromatic heterocycles. The molecule has 0 heterocycles. The van der Waals surface area contributed by atoms with Crippen molar-refractivity contribution in [2.24, 2.45) is 0 Å². The number of non-ortho nitro benzene ring substituents is 1. The monoisotopic (exact) mass is 325 g/mol. The predicted molar refractivity (Wildman–Crippen MR) is 60.6 cm³/mol. The molecule has 0 bridgehead atoms. The van der Waals surface area contributed by atoms with Crippen LogP contribution in [0.1, 0.15) is 11.1 Å². The number of carbonyl (C=O) groups excluding carboxylic acids is 1. The van der Waals surface area contributed by atoms with Gasteiger partial charge in [0.15, 0.2) is 0 Å². The molecule has 0 amide bonds. The van der Waals surface area contributed by atoms with Gasteiger partial charge in [0.05, 0.1) is 15.8 Å². The van der Waals surface area contributed by atoms with E-state index in [-0.39, 0.29) is 10.9 Å². The van der Waals surface area contributed by atoms with Gasteiger partial charge in [0.25, 0.3) is 5.69 Å². The molecule has 0 aliphatic rings. The van der Waals surface area contributed by atoms with Crippen LogP contribution in [0, 0.1) is 10.1 Å². The lowest BCUT2D eigenvalue weighted by Gasteiger charge is -2.11. The highest BCUT2D eigenvalue weighted by atomic mass is 79.9. The first kappa shape index (κ1) is 14.6. The van der Waals surface area contributed by atoms with Crippen molar-refractivity contribution in [3.63, 3.8) is 0 Å². The van der Waals surface area contributed by atoms with E-state index in [1.807, 2.05) is 0 Å². The van der Waals surface area contributed by atoms with E-state index in [0.717, 1.165) is 12.1 Å². The van der Waals surface area contributed by atoms with Crippen molar-refractivity contribution in [1.82, 2.24) is 0 Å². The lowest BCUT2D eigenvalue weighted by Crippen LogP contribution is -2.13. The molecule has 1 aromatic rings. The number of Topliss-reactive ketones (excluding diaryl/α,β-unsaturated/α-hetero) is 1. The van der Waals surface area contributed by atoms with Crippen LogP contribution in [0.4, 0.5) is 18.9 Å². The minimum Gasteiger partial charge on any atom is -0.298 e. The molecule has 98 valence electrons. The maximum atomic E-state index is 12.7. The first-order valence-corrected chi connectivity index (χ1v) is 5.80. The van der Waals surface area contributed by atoms with Crippen molar-refractivity contribution in [3.05, 3.63) is 39.4 Å². The highest BCUT2D eigenvalue weighted by Gasteiger charge is 2.35. The van der Waals surface area contributed by atoms with Crippen molar-refractivity contribution >= 4 is 27.4 Å². The summed E-state index contributed by atoms with van der Waals surface area (Å²) < 4.78 is 38.1. The Labute approximate surface area is 108 Å². The summed E-state index contributed by atoms with van der Waals surface area (Å²) in [6.45, 7) is 0. The average Bonchev–Trinajstić information content (AvgIpc) is 2.27. The Bertz CT molecular complexity index is 488. The van der Waals surface area contributed by atoms with Crippen molar-refractivity contribution < 1.29 is 22.9 Å². The Hall–Kier alpha value is -1.44. The summed E-state index contributed by atoms with van der Waals surface area (Å²) in [5.41, 5.74) is -2.07. The number of rotatable bonds is 4. The summed E-state index contributed by atoms with van der Waals surface area (Å²) in [4.78, 5) is 20.7. The molecule has 1 rings (SSSR count). The molecule has 8 heteroatoms. The first-order valence-electron chi connectivity index (χ1n) is 4.68. The van der Waals surface area contributed by atoms with Crippen LogP contribution >= 0.6 is 15.9 Å². The number of ketones is 1. The van der Waals surface area contributed by atoms with Gasteiger partial charge in [-0.3, -0.25) is 14.9 Å². The quantitative estimate of drug-likeness (QED) is 0.485. The summed E-state index contributed by atoms with van der Waals surface area (Å²) in [6.07, 6.45) is -5.15. The number of hydrogen-bond donors (Lipinski definition) is 0. The third-order valence-electron chi connectivity index (χ3n) is 2.15. The summed E-state index contributed by atoms with van der Waals surface area (Å²) in [7, 11) is 0. The minimum absolute atomic E-state index is 0.0682. The van der Waals surface area contributed by atoms with Crippen LogP contribution in [0.25, 0.3) is 0 Å². The molecule has 1 aromatic carbocycles. The van der Waals surface area contributed by atoms with Crippen LogP contribution in [0.15, 0.2) is 18.2 Å². The molecule has 0 aliphatic heterocycles. The van der Waals surface area contributed by atoms with Crippen molar-refractivity contribution in [2.75, 3.05) is 5.33 Å². The summed E-state index contributed by atoms with van der Waals surface area (Å²) in [5.74, 6) is -0.436. The zero-order chi connectivity index (χ0) is 13.9. The molecular weight excluding hydrogens is 319 g/mol. The molecule has 0 aliphatic carbocycles. The van der Waals surface area contributed by atoms with Gasteiger partial charge in [-0.1, -0.05) is 22.0 Å². The van der Waals surface area contributed by atoms with E-state index in [4.69, 9.17) is 0 Å². The van der Waals surface area contributed by atoms with Gasteiger partial charge < -0.3 is 0 Å². The lowest BCUT2D eigenvalue weighted by molar-refractivity contribution is -0.385. The Morgan fingerprint density at radius 3 is 2.44 bits per heavy atom. The molecule has 0 saturated carbocycles. The van der Waals surface area contributed by atoms with Gasteiger partial charge in [0.1, 0.15) is 5.78 Å². The first-order chi connectivity index (χ1) is 8.25. The van der Waals surface area contributed by atoms with E-state index in [1.54, 1.807) is 0 Å². The molecule has 0 fully saturated rings. The fourth-order valence-electron chi connectivity index (χ4n) is 1.36. The zero-order valence-electron chi connectivity index (χ0n) is 8.83. The molecule has 0 radical (unpaired) electrons. The molecule has 0 unspecified atom stereocenters. The molecule has 0 atom stereocenters. The van der Waals surface area contributed by atoms with Gasteiger partial charge in [-0.25, -0.2) is 0 Å². The highest BCUT2D eigenvalue weighted by Crippen LogP contribution is 2.34. The third-order valence-corrected chi connectivity index (χ3v) is 2.77. The molecule has 0 saturated heterocycles. The van der Waals surface area contributed by atoms with E-state index in [9.17, 15) is 28.1 Å². The maximum Gasteiger partial charge on any atom is 0.416 e. The topological polar surface area (TPSA) is 60.2 Å². The average molecular weight is 326 g/mol. The number of nitro benzene ring substituents is 1. The SMILES string of the molecule is O=C(CBr)Cc1ccc([N+](=O)[O-])cc1C(F)(F)F. The van der Waals surface area contributed by atoms with Crippen molar-refractivity contribution in [1.29, 1.82) is 0 Å². The normalized spacial score (nSPS) is 11.3. The van der Waals surface area contributed by atoms with E-state index in [2.05, 4.69) is 15.9 Å². The predicted octanol–water partition coefficient (Wildman–Crippen LogP) is 3.12. The molecular formula is C10H7BrF3NO3. The Kier molecular flexibility index (Phi) is 4.44. The number of alkyl halides is 4. The van der Waals surface area contributed by atoms with Crippen molar-refractivity contribution in [2.45, 2.75) is 12.6 Å². The Balaban J connectivity index is 3.26. The summed E-state index contributed by atoms with van der Waals surface area (Å²) in [5, 5.41) is 10.4. The van der Waals surface area contributed by atoms with Gasteiger partial charge in [-0.15, -0.1) is 0 Å². The number of halogens is 4. The fourth-order valence-corrected chi connectivity index (χ4v) is 1.55. The second-order valence-corrected chi connectivity index (χ2v) is 4.01. The molecule has 4 nitrogen and oxygen atoms in total. The van der Waals surface area contributed by atoms with Crippen LogP contribution in [0.2, 0.25) is 0 Å². The van der Waals surface area contributed by atoms with Crippen LogP contribution in [-0.2, 0) is 17.4 Å². The van der Waals surface area contributed by atoms with Gasteiger partial charge >= 0.3 is 6.18 Å². The molecule has 0 N–H and O–H groups in total. The van der Waals surface area contributed by atoms with E-state index < -0.39 is 34.6 Å².